The minimum atomic E-state index is -0.534. The molecule has 0 saturated carbocycles. The second-order valence-electron chi connectivity index (χ2n) is 4.40. The Balaban J connectivity index is 1.96. The van der Waals surface area contributed by atoms with Crippen molar-refractivity contribution in [2.75, 3.05) is 7.11 Å². The van der Waals surface area contributed by atoms with Gasteiger partial charge in [0.05, 0.1) is 19.0 Å². The van der Waals surface area contributed by atoms with Gasteiger partial charge in [-0.05, 0) is 30.3 Å². The van der Waals surface area contributed by atoms with Gasteiger partial charge in [-0.2, -0.15) is 4.39 Å². The first kappa shape index (κ1) is 13.1. The third kappa shape index (κ3) is 2.55. The average molecular weight is 285 g/mol. The summed E-state index contributed by atoms with van der Waals surface area (Å²) in [7, 11) is 1.49. The van der Waals surface area contributed by atoms with E-state index in [0.29, 0.717) is 17.1 Å². The topological polar surface area (TPSA) is 71.0 Å². The van der Waals surface area contributed by atoms with E-state index in [-0.39, 0.29) is 5.75 Å². The highest BCUT2D eigenvalue weighted by Gasteiger charge is 2.09. The predicted molar refractivity (Wildman–Crippen MR) is 75.4 cm³/mol. The van der Waals surface area contributed by atoms with Crippen LogP contribution in [0, 0.1) is 5.95 Å². The third-order valence-corrected chi connectivity index (χ3v) is 3.07. The van der Waals surface area contributed by atoms with Crippen molar-refractivity contribution in [3.05, 3.63) is 48.7 Å². The van der Waals surface area contributed by atoms with Crippen LogP contribution in [-0.4, -0.2) is 27.2 Å². The van der Waals surface area contributed by atoms with Gasteiger partial charge in [0, 0.05) is 17.3 Å². The van der Waals surface area contributed by atoms with E-state index >= 15 is 0 Å². The maximum atomic E-state index is 12.8. The molecule has 0 aliphatic heterocycles. The zero-order valence-electron chi connectivity index (χ0n) is 11.2. The van der Waals surface area contributed by atoms with Crippen LogP contribution in [0.25, 0.3) is 22.6 Å². The zero-order valence-corrected chi connectivity index (χ0v) is 11.2. The summed E-state index contributed by atoms with van der Waals surface area (Å²) in [5.74, 6) is 0.508. The Morgan fingerprint density at radius 1 is 1.10 bits per heavy atom. The van der Waals surface area contributed by atoms with Gasteiger partial charge in [-0.1, -0.05) is 0 Å². The largest absolute Gasteiger partial charge is 0.504 e. The lowest BCUT2D eigenvalue weighted by Gasteiger charge is -2.05. The molecule has 0 radical (unpaired) electrons. The number of methoxy groups -OCH3 is 1. The number of aromatic hydroxyl groups is 1. The van der Waals surface area contributed by atoms with E-state index in [1.54, 1.807) is 30.5 Å². The number of nitrogens with one attached hydrogen (secondary N) is 1. The van der Waals surface area contributed by atoms with Gasteiger partial charge in [0.25, 0.3) is 0 Å². The second-order valence-corrected chi connectivity index (χ2v) is 4.40. The minimum Gasteiger partial charge on any atom is -0.504 e. The molecule has 0 unspecified atom stereocenters. The van der Waals surface area contributed by atoms with Crippen molar-refractivity contribution in [1.29, 1.82) is 0 Å². The van der Waals surface area contributed by atoms with Crippen LogP contribution in [0.3, 0.4) is 0 Å². The van der Waals surface area contributed by atoms with Crippen molar-refractivity contribution in [2.45, 2.75) is 0 Å². The summed E-state index contributed by atoms with van der Waals surface area (Å²) in [6.45, 7) is 0. The summed E-state index contributed by atoms with van der Waals surface area (Å²) >= 11 is 0. The standard InChI is InChI=1S/C15H12FN3O2/c1-21-13-6-9(2-4-12(13)20)11-8-18-15(19-11)10-3-5-14(16)17-7-10/h2-8,20H,1H3,(H,18,19). The number of imidazole rings is 1. The van der Waals surface area contributed by atoms with E-state index in [4.69, 9.17) is 4.74 Å². The van der Waals surface area contributed by atoms with Crippen molar-refractivity contribution in [2.24, 2.45) is 0 Å². The smallest absolute Gasteiger partial charge is 0.212 e. The summed E-state index contributed by atoms with van der Waals surface area (Å²) in [4.78, 5) is 11.0. The normalized spacial score (nSPS) is 10.6. The molecule has 0 aliphatic rings. The highest BCUT2D eigenvalue weighted by molar-refractivity contribution is 5.66. The van der Waals surface area contributed by atoms with Crippen molar-refractivity contribution >= 4 is 0 Å². The number of hydrogen-bond acceptors (Lipinski definition) is 4. The monoisotopic (exact) mass is 285 g/mol. The quantitative estimate of drug-likeness (QED) is 0.726. The van der Waals surface area contributed by atoms with Crippen LogP contribution in [-0.2, 0) is 0 Å². The fraction of sp³-hybridized carbons (Fsp3) is 0.0667. The van der Waals surface area contributed by atoms with E-state index in [2.05, 4.69) is 15.0 Å². The summed E-state index contributed by atoms with van der Waals surface area (Å²) in [6, 6.07) is 7.88. The fourth-order valence-corrected chi connectivity index (χ4v) is 1.98. The maximum absolute atomic E-state index is 12.8. The van der Waals surface area contributed by atoms with Gasteiger partial charge >= 0.3 is 0 Å². The number of ether oxygens (including phenoxy) is 1. The Labute approximate surface area is 120 Å². The maximum Gasteiger partial charge on any atom is 0.212 e. The Kier molecular flexibility index (Phi) is 3.27. The van der Waals surface area contributed by atoms with E-state index < -0.39 is 5.95 Å². The highest BCUT2D eigenvalue weighted by atomic mass is 19.1. The highest BCUT2D eigenvalue weighted by Crippen LogP contribution is 2.31. The molecule has 0 aliphatic carbocycles. The van der Waals surface area contributed by atoms with Crippen LogP contribution in [0.15, 0.2) is 42.7 Å². The van der Waals surface area contributed by atoms with Gasteiger partial charge in [-0.3, -0.25) is 0 Å². The molecule has 5 nitrogen and oxygen atoms in total. The number of halogens is 1. The Morgan fingerprint density at radius 2 is 1.90 bits per heavy atom. The lowest BCUT2D eigenvalue weighted by Crippen LogP contribution is -1.86. The fourth-order valence-electron chi connectivity index (χ4n) is 1.98. The number of phenolic OH excluding ortho intramolecular Hbond substituents is 1. The van der Waals surface area contributed by atoms with Crippen LogP contribution in [0.5, 0.6) is 11.5 Å². The second kappa shape index (κ2) is 5.24. The molecule has 3 aromatic rings. The SMILES string of the molecule is COc1cc(-c2cnc(-c3ccc(F)nc3)[nH]2)ccc1O. The summed E-state index contributed by atoms with van der Waals surface area (Å²) in [5.41, 5.74) is 2.26. The average Bonchev–Trinajstić information content (AvgIpc) is 2.98. The van der Waals surface area contributed by atoms with Crippen LogP contribution >= 0.6 is 0 Å². The van der Waals surface area contributed by atoms with Gasteiger partial charge in [0.15, 0.2) is 11.5 Å². The first-order valence-corrected chi connectivity index (χ1v) is 6.21. The van der Waals surface area contributed by atoms with Gasteiger partial charge in [-0.25, -0.2) is 9.97 Å². The molecule has 2 N–H and O–H groups in total. The van der Waals surface area contributed by atoms with Crippen molar-refractivity contribution < 1.29 is 14.2 Å². The van der Waals surface area contributed by atoms with Gasteiger partial charge < -0.3 is 14.8 Å². The number of aromatic amines is 1. The molecule has 6 heteroatoms. The molecule has 0 atom stereocenters. The van der Waals surface area contributed by atoms with Gasteiger partial charge in [-0.15, -0.1) is 0 Å². The van der Waals surface area contributed by atoms with E-state index in [1.807, 2.05) is 0 Å². The predicted octanol–water partition coefficient (Wildman–Crippen LogP) is 2.99. The number of benzene rings is 1. The van der Waals surface area contributed by atoms with E-state index in [1.165, 1.54) is 19.4 Å². The molecule has 1 aromatic carbocycles. The molecule has 0 spiro atoms. The molecule has 0 amide bonds. The third-order valence-electron chi connectivity index (χ3n) is 3.07. The molecular weight excluding hydrogens is 273 g/mol. The first-order chi connectivity index (χ1) is 10.2. The minimum absolute atomic E-state index is 0.0729. The van der Waals surface area contributed by atoms with E-state index in [0.717, 1.165) is 11.3 Å². The Morgan fingerprint density at radius 3 is 2.62 bits per heavy atom. The van der Waals surface area contributed by atoms with Crippen molar-refractivity contribution in [3.8, 4) is 34.1 Å². The van der Waals surface area contributed by atoms with Gasteiger partial charge in [0.2, 0.25) is 5.95 Å². The lowest BCUT2D eigenvalue weighted by molar-refractivity contribution is 0.373. The molecular formula is C15H12FN3O2. The molecule has 0 fully saturated rings. The molecule has 3 rings (SSSR count). The zero-order chi connectivity index (χ0) is 14.8. The van der Waals surface area contributed by atoms with Crippen LogP contribution < -0.4 is 4.74 Å². The number of pyridine rings is 1. The number of aromatic nitrogens is 3. The number of phenols is 1. The molecule has 21 heavy (non-hydrogen) atoms. The van der Waals surface area contributed by atoms with Crippen LogP contribution in [0.2, 0.25) is 0 Å². The summed E-state index contributed by atoms with van der Waals surface area (Å²) in [5, 5.41) is 9.60. The summed E-state index contributed by atoms with van der Waals surface area (Å²) < 4.78 is 17.9. The Bertz CT molecular complexity index is 769. The number of hydrogen-bond donors (Lipinski definition) is 2. The van der Waals surface area contributed by atoms with E-state index in [9.17, 15) is 9.50 Å². The lowest BCUT2D eigenvalue weighted by atomic mass is 10.1. The number of nitrogens with zero attached hydrogens (tertiary/aromatic N) is 2. The molecule has 2 heterocycles. The first-order valence-electron chi connectivity index (χ1n) is 6.21. The molecule has 106 valence electrons. The molecule has 0 bridgehead atoms. The van der Waals surface area contributed by atoms with Crippen LogP contribution in [0.1, 0.15) is 0 Å². The number of rotatable bonds is 3. The van der Waals surface area contributed by atoms with Crippen molar-refractivity contribution in [1.82, 2.24) is 15.0 Å². The number of H-pyrrole nitrogens is 1. The van der Waals surface area contributed by atoms with Gasteiger partial charge in [0.1, 0.15) is 5.82 Å². The summed E-state index contributed by atoms with van der Waals surface area (Å²) in [6.07, 6.45) is 3.07. The molecule has 2 aromatic heterocycles. The Hall–Kier alpha value is -2.89. The van der Waals surface area contributed by atoms with Crippen molar-refractivity contribution in [3.63, 3.8) is 0 Å². The van der Waals surface area contributed by atoms with Crippen LogP contribution in [0.4, 0.5) is 4.39 Å². The molecule has 0 saturated heterocycles.